The van der Waals surface area contributed by atoms with Crippen LogP contribution in [-0.4, -0.2) is 12.5 Å². The second kappa shape index (κ2) is 6.83. The third-order valence-corrected chi connectivity index (χ3v) is 2.75. The van der Waals surface area contributed by atoms with Crippen molar-refractivity contribution in [2.45, 2.75) is 13.3 Å². The number of anilines is 1. The van der Waals surface area contributed by atoms with Gasteiger partial charge in [0, 0.05) is 11.8 Å². The van der Waals surface area contributed by atoms with Crippen LogP contribution in [0.1, 0.15) is 12.5 Å². The molecule has 21 heavy (non-hydrogen) atoms. The molecule has 0 radical (unpaired) electrons. The number of carbonyl (C=O) groups excluding carboxylic acids is 1. The zero-order valence-corrected chi connectivity index (χ0v) is 11.5. The summed E-state index contributed by atoms with van der Waals surface area (Å²) < 4.78 is 31.3. The van der Waals surface area contributed by atoms with E-state index in [-0.39, 0.29) is 18.0 Å². The lowest BCUT2D eigenvalue weighted by Gasteiger charge is -2.07. The molecule has 0 aromatic heterocycles. The standard InChI is InChI=1S/C16H15F2NO2/c1-2-21-15-5-3-11(4-6-15)7-16(20)19-14-9-12(17)8-13(18)10-14/h3-6,8-10H,2,7H2,1H3,(H,19,20). The number of hydrogen-bond donors (Lipinski definition) is 1. The molecular formula is C16H15F2NO2. The molecule has 0 aliphatic rings. The molecule has 0 atom stereocenters. The minimum atomic E-state index is -0.730. The molecule has 3 nitrogen and oxygen atoms in total. The number of nitrogens with one attached hydrogen (secondary N) is 1. The third kappa shape index (κ3) is 4.56. The van der Waals surface area contributed by atoms with Gasteiger partial charge in [0.2, 0.25) is 5.91 Å². The molecule has 2 aromatic carbocycles. The van der Waals surface area contributed by atoms with E-state index in [1.165, 1.54) is 0 Å². The van der Waals surface area contributed by atoms with Gasteiger partial charge >= 0.3 is 0 Å². The van der Waals surface area contributed by atoms with Gasteiger partial charge in [-0.2, -0.15) is 0 Å². The molecular weight excluding hydrogens is 276 g/mol. The smallest absolute Gasteiger partial charge is 0.228 e. The van der Waals surface area contributed by atoms with Crippen molar-refractivity contribution in [1.29, 1.82) is 0 Å². The molecule has 0 spiro atoms. The van der Waals surface area contributed by atoms with E-state index in [2.05, 4.69) is 5.32 Å². The van der Waals surface area contributed by atoms with Crippen molar-refractivity contribution < 1.29 is 18.3 Å². The number of hydrogen-bond acceptors (Lipinski definition) is 2. The molecule has 0 aliphatic heterocycles. The summed E-state index contributed by atoms with van der Waals surface area (Å²) in [7, 11) is 0. The molecule has 0 unspecified atom stereocenters. The maximum Gasteiger partial charge on any atom is 0.228 e. The summed E-state index contributed by atoms with van der Waals surface area (Å²) in [6, 6.07) is 9.98. The van der Waals surface area contributed by atoms with Crippen molar-refractivity contribution in [2.75, 3.05) is 11.9 Å². The fourth-order valence-corrected chi connectivity index (χ4v) is 1.89. The first-order valence-electron chi connectivity index (χ1n) is 6.54. The molecule has 0 saturated heterocycles. The average molecular weight is 291 g/mol. The molecule has 0 bridgehead atoms. The van der Waals surface area contributed by atoms with E-state index in [4.69, 9.17) is 4.74 Å². The van der Waals surface area contributed by atoms with Gasteiger partial charge in [0.15, 0.2) is 0 Å². The van der Waals surface area contributed by atoms with Crippen LogP contribution in [0.5, 0.6) is 5.75 Å². The number of halogens is 2. The lowest BCUT2D eigenvalue weighted by molar-refractivity contribution is -0.115. The quantitative estimate of drug-likeness (QED) is 0.915. The molecule has 2 rings (SSSR count). The summed E-state index contributed by atoms with van der Waals surface area (Å²) in [4.78, 5) is 11.8. The summed E-state index contributed by atoms with van der Waals surface area (Å²) in [5.41, 5.74) is 0.885. The molecule has 5 heteroatoms. The number of carbonyl (C=O) groups is 1. The molecule has 110 valence electrons. The van der Waals surface area contributed by atoms with Crippen molar-refractivity contribution in [2.24, 2.45) is 0 Å². The summed E-state index contributed by atoms with van der Waals surface area (Å²) >= 11 is 0. The average Bonchev–Trinajstić information content (AvgIpc) is 2.40. The highest BCUT2D eigenvalue weighted by Crippen LogP contribution is 2.15. The van der Waals surface area contributed by atoms with Gasteiger partial charge in [-0.15, -0.1) is 0 Å². The van der Waals surface area contributed by atoms with Gasteiger partial charge in [-0.05, 0) is 36.8 Å². The second-order valence-corrected chi connectivity index (χ2v) is 4.46. The summed E-state index contributed by atoms with van der Waals surface area (Å²) in [5, 5.41) is 2.46. The van der Waals surface area contributed by atoms with Gasteiger partial charge in [0.1, 0.15) is 17.4 Å². The molecule has 2 aromatic rings. The Balaban J connectivity index is 1.97. The number of rotatable bonds is 5. The van der Waals surface area contributed by atoms with Gasteiger partial charge < -0.3 is 10.1 Å². The first-order valence-corrected chi connectivity index (χ1v) is 6.54. The summed E-state index contributed by atoms with van der Waals surface area (Å²) in [5.74, 6) is -1.07. The van der Waals surface area contributed by atoms with Crippen LogP contribution >= 0.6 is 0 Å². The highest BCUT2D eigenvalue weighted by atomic mass is 19.1. The zero-order chi connectivity index (χ0) is 15.2. The first-order chi connectivity index (χ1) is 10.1. The topological polar surface area (TPSA) is 38.3 Å². The number of benzene rings is 2. The van der Waals surface area contributed by atoms with Gasteiger partial charge in [0.25, 0.3) is 0 Å². The zero-order valence-electron chi connectivity index (χ0n) is 11.5. The van der Waals surface area contributed by atoms with Crippen molar-refractivity contribution in [3.63, 3.8) is 0 Å². The second-order valence-electron chi connectivity index (χ2n) is 4.46. The fourth-order valence-electron chi connectivity index (χ4n) is 1.89. The Morgan fingerprint density at radius 2 is 1.71 bits per heavy atom. The van der Waals surface area contributed by atoms with Gasteiger partial charge in [-0.3, -0.25) is 4.79 Å². The SMILES string of the molecule is CCOc1ccc(CC(=O)Nc2cc(F)cc(F)c2)cc1. The lowest BCUT2D eigenvalue weighted by Crippen LogP contribution is -2.14. The van der Waals surface area contributed by atoms with Crippen molar-refractivity contribution in [1.82, 2.24) is 0 Å². The minimum Gasteiger partial charge on any atom is -0.494 e. The molecule has 1 amide bonds. The minimum absolute atomic E-state index is 0.100. The van der Waals surface area contributed by atoms with Crippen LogP contribution in [-0.2, 0) is 11.2 Å². The predicted molar refractivity (Wildman–Crippen MR) is 76.3 cm³/mol. The van der Waals surface area contributed by atoms with Gasteiger partial charge in [-0.1, -0.05) is 12.1 Å². The molecule has 0 fully saturated rings. The Bertz CT molecular complexity index is 606. The van der Waals surface area contributed by atoms with Crippen molar-refractivity contribution in [3.05, 3.63) is 59.7 Å². The monoisotopic (exact) mass is 291 g/mol. The van der Waals surface area contributed by atoms with Gasteiger partial charge in [0.05, 0.1) is 13.0 Å². The maximum atomic E-state index is 13.0. The van der Waals surface area contributed by atoms with Crippen molar-refractivity contribution >= 4 is 11.6 Å². The summed E-state index contributed by atoms with van der Waals surface area (Å²) in [6.45, 7) is 2.46. The molecule has 0 aliphatic carbocycles. The van der Waals surface area contributed by atoms with E-state index in [9.17, 15) is 13.6 Å². The number of amides is 1. The van der Waals surface area contributed by atoms with E-state index in [0.717, 1.165) is 29.5 Å². The lowest BCUT2D eigenvalue weighted by atomic mass is 10.1. The van der Waals surface area contributed by atoms with Crippen LogP contribution in [0.4, 0.5) is 14.5 Å². The largest absolute Gasteiger partial charge is 0.494 e. The van der Waals surface area contributed by atoms with E-state index in [1.807, 2.05) is 6.92 Å². The van der Waals surface area contributed by atoms with E-state index >= 15 is 0 Å². The van der Waals surface area contributed by atoms with Crippen LogP contribution in [0.3, 0.4) is 0 Å². The van der Waals surface area contributed by atoms with Crippen LogP contribution in [0, 0.1) is 11.6 Å². The van der Waals surface area contributed by atoms with E-state index < -0.39 is 11.6 Å². The Labute approximate surface area is 121 Å². The van der Waals surface area contributed by atoms with Crippen molar-refractivity contribution in [3.8, 4) is 5.75 Å². The Morgan fingerprint density at radius 1 is 1.10 bits per heavy atom. The van der Waals surface area contributed by atoms with Crippen LogP contribution in [0.25, 0.3) is 0 Å². The van der Waals surface area contributed by atoms with Gasteiger partial charge in [-0.25, -0.2) is 8.78 Å². The first kappa shape index (κ1) is 15.0. The molecule has 0 saturated carbocycles. The maximum absolute atomic E-state index is 13.0. The highest BCUT2D eigenvalue weighted by molar-refractivity contribution is 5.92. The molecule has 0 heterocycles. The van der Waals surface area contributed by atoms with Crippen LogP contribution < -0.4 is 10.1 Å². The van der Waals surface area contributed by atoms with E-state index in [1.54, 1.807) is 24.3 Å². The summed E-state index contributed by atoms with van der Waals surface area (Å²) in [6.07, 6.45) is 0.116. The highest BCUT2D eigenvalue weighted by Gasteiger charge is 2.07. The third-order valence-electron chi connectivity index (χ3n) is 2.75. The Morgan fingerprint density at radius 3 is 2.29 bits per heavy atom. The molecule has 1 N–H and O–H groups in total. The fraction of sp³-hybridized carbons (Fsp3) is 0.188. The Hall–Kier alpha value is -2.43. The normalized spacial score (nSPS) is 10.2. The Kier molecular flexibility index (Phi) is 4.87. The van der Waals surface area contributed by atoms with Crippen LogP contribution in [0.2, 0.25) is 0 Å². The number of ether oxygens (including phenoxy) is 1. The van der Waals surface area contributed by atoms with Crippen LogP contribution in [0.15, 0.2) is 42.5 Å². The van der Waals surface area contributed by atoms with E-state index in [0.29, 0.717) is 6.61 Å². The predicted octanol–water partition coefficient (Wildman–Crippen LogP) is 3.54.